The molecule has 1 heterocycles. The molecule has 29 heavy (non-hydrogen) atoms. The Bertz CT molecular complexity index is 989. The Morgan fingerprint density at radius 2 is 1.93 bits per heavy atom. The van der Waals surface area contributed by atoms with Gasteiger partial charge in [-0.15, -0.1) is 11.8 Å². The van der Waals surface area contributed by atoms with E-state index in [9.17, 15) is 9.59 Å². The third-order valence-electron chi connectivity index (χ3n) is 3.88. The fraction of sp³-hybridized carbons (Fsp3) is 0.190. The van der Waals surface area contributed by atoms with E-state index < -0.39 is 5.97 Å². The molecule has 0 bridgehead atoms. The van der Waals surface area contributed by atoms with Crippen LogP contribution in [0.15, 0.2) is 65.7 Å². The van der Waals surface area contributed by atoms with Crippen molar-refractivity contribution in [2.45, 2.75) is 11.8 Å². The van der Waals surface area contributed by atoms with E-state index in [-0.39, 0.29) is 30.6 Å². The minimum absolute atomic E-state index is 0.0212. The average molecular weight is 411 g/mol. The molecule has 0 aliphatic carbocycles. The van der Waals surface area contributed by atoms with Crippen LogP contribution in [0.3, 0.4) is 0 Å². The van der Waals surface area contributed by atoms with Gasteiger partial charge in [-0.05, 0) is 43.5 Å². The molecule has 1 amide bonds. The van der Waals surface area contributed by atoms with Crippen molar-refractivity contribution in [3.05, 3.63) is 66.5 Å². The molecule has 150 valence electrons. The number of carbonyl (C=O) groups is 2. The molecule has 7 nitrogen and oxygen atoms in total. The van der Waals surface area contributed by atoms with Crippen molar-refractivity contribution in [1.29, 1.82) is 0 Å². The smallest absolute Gasteiger partial charge is 0.362 e. The van der Waals surface area contributed by atoms with Gasteiger partial charge in [-0.3, -0.25) is 4.79 Å². The predicted molar refractivity (Wildman–Crippen MR) is 112 cm³/mol. The molecular weight excluding hydrogens is 390 g/mol. The van der Waals surface area contributed by atoms with Crippen LogP contribution in [-0.4, -0.2) is 41.1 Å². The van der Waals surface area contributed by atoms with E-state index in [1.807, 2.05) is 54.8 Å². The monoisotopic (exact) mass is 411 g/mol. The molecule has 0 radical (unpaired) electrons. The van der Waals surface area contributed by atoms with E-state index >= 15 is 0 Å². The Morgan fingerprint density at radius 3 is 2.66 bits per heavy atom. The van der Waals surface area contributed by atoms with Gasteiger partial charge in [0.1, 0.15) is 0 Å². The zero-order valence-corrected chi connectivity index (χ0v) is 16.9. The van der Waals surface area contributed by atoms with Crippen LogP contribution >= 0.6 is 11.8 Å². The molecule has 0 aliphatic rings. The Labute approximate surface area is 173 Å². The summed E-state index contributed by atoms with van der Waals surface area (Å²) < 4.78 is 12.2. The maximum atomic E-state index is 12.3. The van der Waals surface area contributed by atoms with Crippen LogP contribution in [0.4, 0.5) is 5.69 Å². The second-order valence-corrected chi connectivity index (χ2v) is 6.79. The van der Waals surface area contributed by atoms with Gasteiger partial charge in [0, 0.05) is 10.6 Å². The third kappa shape index (κ3) is 5.39. The molecule has 0 spiro atoms. The second-order valence-electron chi connectivity index (χ2n) is 5.91. The van der Waals surface area contributed by atoms with Crippen LogP contribution in [-0.2, 0) is 9.53 Å². The van der Waals surface area contributed by atoms with Crippen LogP contribution in [0, 0.1) is 0 Å². The summed E-state index contributed by atoms with van der Waals surface area (Å²) >= 11 is 1.59. The fourth-order valence-corrected chi connectivity index (χ4v) is 3.02. The largest absolute Gasteiger partial charge is 0.480 e. The first kappa shape index (κ1) is 20.5. The highest BCUT2D eigenvalue weighted by Gasteiger charge is 2.21. The van der Waals surface area contributed by atoms with Gasteiger partial charge >= 0.3 is 5.97 Å². The molecule has 8 heteroatoms. The maximum absolute atomic E-state index is 12.3. The lowest BCUT2D eigenvalue weighted by Crippen LogP contribution is -2.20. The van der Waals surface area contributed by atoms with Crippen molar-refractivity contribution in [2.24, 2.45) is 0 Å². The molecule has 0 fully saturated rings. The first-order chi connectivity index (χ1) is 14.1. The fourth-order valence-electron chi connectivity index (χ4n) is 2.56. The Balaban J connectivity index is 1.73. The van der Waals surface area contributed by atoms with Gasteiger partial charge < -0.3 is 14.8 Å². The maximum Gasteiger partial charge on any atom is 0.362 e. The summed E-state index contributed by atoms with van der Waals surface area (Å²) in [4.78, 5) is 25.6. The first-order valence-electron chi connectivity index (χ1n) is 8.99. The van der Waals surface area contributed by atoms with Gasteiger partial charge in [0.25, 0.3) is 5.91 Å². The molecule has 0 unspecified atom stereocenters. The number of rotatable bonds is 8. The topological polar surface area (TPSA) is 82.4 Å². The van der Waals surface area contributed by atoms with E-state index in [0.29, 0.717) is 5.69 Å². The Kier molecular flexibility index (Phi) is 6.91. The number of esters is 1. The number of hydrogen-bond donors (Lipinski definition) is 1. The predicted octanol–water partition coefficient (Wildman–Crippen LogP) is 3.79. The lowest BCUT2D eigenvalue weighted by atomic mass is 10.3. The van der Waals surface area contributed by atoms with E-state index in [1.54, 1.807) is 30.9 Å². The van der Waals surface area contributed by atoms with Crippen LogP contribution in [0.2, 0.25) is 0 Å². The van der Waals surface area contributed by atoms with E-state index in [4.69, 9.17) is 9.47 Å². The van der Waals surface area contributed by atoms with E-state index in [1.165, 1.54) is 4.68 Å². The molecule has 3 rings (SSSR count). The summed E-state index contributed by atoms with van der Waals surface area (Å²) in [5, 5.41) is 7.04. The average Bonchev–Trinajstić information content (AvgIpc) is 3.18. The number of amides is 1. The quantitative estimate of drug-likeness (QED) is 0.449. The number of hydrogen-bond acceptors (Lipinski definition) is 6. The van der Waals surface area contributed by atoms with Gasteiger partial charge in [0.2, 0.25) is 5.69 Å². The zero-order chi connectivity index (χ0) is 20.6. The number of nitrogens with one attached hydrogen (secondary N) is 1. The normalized spacial score (nSPS) is 10.4. The molecule has 2 aromatic carbocycles. The molecule has 3 aromatic rings. The standard InChI is InChI=1S/C21H21N3O4S/c1-3-27-21(26)20-18(13-24(23-20)16-9-5-4-6-10-16)28-14-19(25)22-15-8-7-11-17(12-15)29-2/h4-13H,3,14H2,1-2H3,(H,22,25). The summed E-state index contributed by atoms with van der Waals surface area (Å²) in [7, 11) is 0. The number of aromatic nitrogens is 2. The number of thioether (sulfide) groups is 1. The van der Waals surface area contributed by atoms with Crippen molar-refractivity contribution >= 4 is 29.3 Å². The lowest BCUT2D eigenvalue weighted by Gasteiger charge is -2.08. The van der Waals surface area contributed by atoms with Crippen LogP contribution in [0.25, 0.3) is 5.69 Å². The highest BCUT2D eigenvalue weighted by molar-refractivity contribution is 7.98. The summed E-state index contributed by atoms with van der Waals surface area (Å²) in [6.45, 7) is 1.65. The molecule has 0 saturated carbocycles. The third-order valence-corrected chi connectivity index (χ3v) is 4.61. The molecule has 0 aliphatic heterocycles. The number of benzene rings is 2. The highest BCUT2D eigenvalue weighted by Crippen LogP contribution is 2.22. The van der Waals surface area contributed by atoms with Crippen LogP contribution < -0.4 is 10.1 Å². The number of carbonyl (C=O) groups excluding carboxylic acids is 2. The SMILES string of the molecule is CCOC(=O)c1nn(-c2ccccc2)cc1OCC(=O)Nc1cccc(SC)c1. The Hall–Kier alpha value is -3.26. The molecular formula is C21H21N3O4S. The van der Waals surface area contributed by atoms with Gasteiger partial charge in [0.15, 0.2) is 12.4 Å². The minimum atomic E-state index is -0.606. The molecule has 1 N–H and O–H groups in total. The molecule has 0 saturated heterocycles. The zero-order valence-electron chi connectivity index (χ0n) is 16.1. The molecule has 0 atom stereocenters. The number of nitrogens with zero attached hydrogens (tertiary/aromatic N) is 2. The van der Waals surface area contributed by atoms with Crippen molar-refractivity contribution in [1.82, 2.24) is 9.78 Å². The van der Waals surface area contributed by atoms with Crippen LogP contribution in [0.5, 0.6) is 5.75 Å². The van der Waals surface area contributed by atoms with Crippen molar-refractivity contribution < 1.29 is 19.1 Å². The van der Waals surface area contributed by atoms with Crippen molar-refractivity contribution in [3.63, 3.8) is 0 Å². The van der Waals surface area contributed by atoms with E-state index in [2.05, 4.69) is 10.4 Å². The number of para-hydroxylation sites is 1. The summed E-state index contributed by atoms with van der Waals surface area (Å²) in [5.74, 6) is -0.767. The highest BCUT2D eigenvalue weighted by atomic mass is 32.2. The van der Waals surface area contributed by atoms with Crippen LogP contribution in [0.1, 0.15) is 17.4 Å². The number of ether oxygens (including phenoxy) is 2. The minimum Gasteiger partial charge on any atom is -0.480 e. The van der Waals surface area contributed by atoms with E-state index in [0.717, 1.165) is 10.6 Å². The van der Waals surface area contributed by atoms with Gasteiger partial charge in [-0.2, -0.15) is 5.10 Å². The summed E-state index contributed by atoms with van der Waals surface area (Å²) in [6, 6.07) is 16.8. The van der Waals surface area contributed by atoms with Gasteiger partial charge in [-0.1, -0.05) is 24.3 Å². The van der Waals surface area contributed by atoms with Crippen molar-refractivity contribution in [2.75, 3.05) is 24.8 Å². The van der Waals surface area contributed by atoms with Crippen molar-refractivity contribution in [3.8, 4) is 11.4 Å². The Morgan fingerprint density at radius 1 is 1.14 bits per heavy atom. The van der Waals surface area contributed by atoms with Gasteiger partial charge in [-0.25, -0.2) is 9.48 Å². The second kappa shape index (κ2) is 9.79. The summed E-state index contributed by atoms with van der Waals surface area (Å²) in [5.41, 5.74) is 1.45. The first-order valence-corrected chi connectivity index (χ1v) is 10.2. The molecule has 1 aromatic heterocycles. The lowest BCUT2D eigenvalue weighted by molar-refractivity contribution is -0.118. The number of anilines is 1. The van der Waals surface area contributed by atoms with Gasteiger partial charge in [0.05, 0.1) is 18.5 Å². The summed E-state index contributed by atoms with van der Waals surface area (Å²) in [6.07, 6.45) is 3.52.